The quantitative estimate of drug-likeness (QED) is 0.757. The highest BCUT2D eigenvalue weighted by Gasteiger charge is 2.24. The topological polar surface area (TPSA) is 88.8 Å². The van der Waals surface area contributed by atoms with Gasteiger partial charge >= 0.3 is 0 Å². The lowest BCUT2D eigenvalue weighted by Gasteiger charge is -2.04. The molecule has 0 bridgehead atoms. The Morgan fingerprint density at radius 3 is 2.55 bits per heavy atom. The average Bonchev–Trinajstić information content (AvgIpc) is 2.91. The van der Waals surface area contributed by atoms with Crippen LogP contribution >= 0.6 is 22.9 Å². The maximum Gasteiger partial charge on any atom is 0.185 e. The standard InChI is InChI=1S/C12H10ClN3O2S2/c1-20(17,18)12-8(6-2-4-7(13)5-3-6)9-10(14)15-16-11(9)19-12/h2-5H,1H3,(H3,14,15,16). The zero-order valence-corrected chi connectivity index (χ0v) is 12.7. The van der Waals surface area contributed by atoms with Crippen LogP contribution in [0.4, 0.5) is 5.82 Å². The number of nitrogens with two attached hydrogens (primary N) is 1. The van der Waals surface area contributed by atoms with Crippen molar-refractivity contribution in [2.24, 2.45) is 0 Å². The van der Waals surface area contributed by atoms with Crippen LogP contribution in [-0.4, -0.2) is 24.9 Å². The molecule has 0 fully saturated rings. The first-order valence-corrected chi connectivity index (χ1v) is 8.69. The Kier molecular flexibility index (Phi) is 3.00. The number of nitrogens with one attached hydrogen (secondary N) is 1. The number of benzene rings is 1. The molecule has 3 N–H and O–H groups in total. The number of nitrogen functional groups attached to an aromatic ring is 1. The fourth-order valence-electron chi connectivity index (χ4n) is 2.03. The monoisotopic (exact) mass is 327 g/mol. The van der Waals surface area contributed by atoms with Crippen LogP contribution in [0.25, 0.3) is 21.3 Å². The van der Waals surface area contributed by atoms with Crippen molar-refractivity contribution in [1.29, 1.82) is 0 Å². The Morgan fingerprint density at radius 1 is 1.30 bits per heavy atom. The van der Waals surface area contributed by atoms with E-state index in [9.17, 15) is 8.42 Å². The molecule has 0 spiro atoms. The Balaban J connectivity index is 2.42. The smallest absolute Gasteiger partial charge is 0.185 e. The van der Waals surface area contributed by atoms with E-state index in [1.165, 1.54) is 6.26 Å². The minimum Gasteiger partial charge on any atom is -0.384 e. The molecule has 2 aromatic heterocycles. The Bertz CT molecular complexity index is 895. The highest BCUT2D eigenvalue weighted by molar-refractivity contribution is 7.93. The number of halogens is 1. The first kappa shape index (κ1) is 13.4. The molecule has 20 heavy (non-hydrogen) atoms. The molecule has 1 aromatic carbocycles. The van der Waals surface area contributed by atoms with Gasteiger partial charge in [0.05, 0.1) is 5.39 Å². The molecule has 0 atom stereocenters. The summed E-state index contributed by atoms with van der Waals surface area (Å²) in [5, 5.41) is 7.93. The molecule has 2 heterocycles. The van der Waals surface area contributed by atoms with Gasteiger partial charge in [-0.25, -0.2) is 8.42 Å². The molecule has 0 saturated heterocycles. The van der Waals surface area contributed by atoms with Crippen molar-refractivity contribution in [2.75, 3.05) is 12.0 Å². The lowest BCUT2D eigenvalue weighted by atomic mass is 10.1. The van der Waals surface area contributed by atoms with Crippen molar-refractivity contribution >= 4 is 48.8 Å². The van der Waals surface area contributed by atoms with Gasteiger partial charge in [0.1, 0.15) is 14.9 Å². The van der Waals surface area contributed by atoms with E-state index in [4.69, 9.17) is 17.3 Å². The number of nitrogens with zero attached hydrogens (tertiary/aromatic N) is 1. The third kappa shape index (κ3) is 2.07. The number of sulfone groups is 1. The van der Waals surface area contributed by atoms with E-state index in [2.05, 4.69) is 10.2 Å². The van der Waals surface area contributed by atoms with Crippen LogP contribution in [0.5, 0.6) is 0 Å². The molecule has 0 unspecified atom stereocenters. The maximum absolute atomic E-state index is 12.0. The van der Waals surface area contributed by atoms with E-state index >= 15 is 0 Å². The van der Waals surface area contributed by atoms with Gasteiger partial charge < -0.3 is 5.73 Å². The van der Waals surface area contributed by atoms with E-state index in [1.807, 2.05) is 0 Å². The van der Waals surface area contributed by atoms with E-state index < -0.39 is 9.84 Å². The number of thiophene rings is 1. The third-order valence-corrected chi connectivity index (χ3v) is 6.04. The minimum absolute atomic E-state index is 0.262. The van der Waals surface area contributed by atoms with Gasteiger partial charge in [-0.15, -0.1) is 11.3 Å². The second-order valence-corrected chi connectivity index (χ2v) is 8.01. The number of hydrogen-bond acceptors (Lipinski definition) is 5. The zero-order valence-electron chi connectivity index (χ0n) is 10.3. The summed E-state index contributed by atoms with van der Waals surface area (Å²) in [5.41, 5.74) is 7.19. The SMILES string of the molecule is CS(=O)(=O)c1sc2n[nH]c(N)c2c1-c1ccc(Cl)cc1. The summed E-state index contributed by atoms with van der Waals surface area (Å²) in [6.45, 7) is 0. The number of fused-ring (bicyclic) bond motifs is 1. The van der Waals surface area contributed by atoms with E-state index in [1.54, 1.807) is 24.3 Å². The summed E-state index contributed by atoms with van der Waals surface area (Å²) in [4.78, 5) is 0.577. The lowest BCUT2D eigenvalue weighted by molar-refractivity contribution is 0.604. The number of aromatic nitrogens is 2. The summed E-state index contributed by atoms with van der Waals surface area (Å²) in [5.74, 6) is 0.357. The van der Waals surface area contributed by atoms with Gasteiger partial charge in [0.2, 0.25) is 0 Å². The summed E-state index contributed by atoms with van der Waals surface area (Å²) in [6.07, 6.45) is 1.18. The normalized spacial score (nSPS) is 12.1. The lowest BCUT2D eigenvalue weighted by Crippen LogP contribution is -1.96. The van der Waals surface area contributed by atoms with Gasteiger partial charge in [0.15, 0.2) is 9.84 Å². The molecule has 8 heteroatoms. The summed E-state index contributed by atoms with van der Waals surface area (Å²) in [7, 11) is -3.36. The predicted molar refractivity (Wildman–Crippen MR) is 81.9 cm³/mol. The van der Waals surface area contributed by atoms with Gasteiger partial charge in [0, 0.05) is 16.8 Å². The third-order valence-electron chi connectivity index (χ3n) is 2.87. The average molecular weight is 328 g/mol. The van der Waals surface area contributed by atoms with Crippen LogP contribution in [0.15, 0.2) is 28.5 Å². The van der Waals surface area contributed by atoms with Gasteiger partial charge in [-0.05, 0) is 17.7 Å². The highest BCUT2D eigenvalue weighted by Crippen LogP contribution is 2.43. The van der Waals surface area contributed by atoms with E-state index in [0.29, 0.717) is 26.6 Å². The Labute approximate surface area is 124 Å². The molecule has 0 saturated carbocycles. The number of H-pyrrole nitrogens is 1. The number of rotatable bonds is 2. The second kappa shape index (κ2) is 4.47. The van der Waals surface area contributed by atoms with Crippen molar-refractivity contribution < 1.29 is 8.42 Å². The van der Waals surface area contributed by atoms with E-state index in [0.717, 1.165) is 16.9 Å². The van der Waals surface area contributed by atoms with Gasteiger partial charge in [0.25, 0.3) is 0 Å². The van der Waals surface area contributed by atoms with Crippen molar-refractivity contribution in [3.8, 4) is 11.1 Å². The Hall–Kier alpha value is -1.57. The number of anilines is 1. The molecular formula is C12H10ClN3O2S2. The zero-order chi connectivity index (χ0) is 14.5. The fourth-order valence-corrected chi connectivity index (χ4v) is 4.50. The Morgan fingerprint density at radius 2 is 1.95 bits per heavy atom. The van der Waals surface area contributed by atoms with Crippen LogP contribution < -0.4 is 5.73 Å². The van der Waals surface area contributed by atoms with E-state index in [-0.39, 0.29) is 4.21 Å². The number of hydrogen-bond donors (Lipinski definition) is 2. The first-order chi connectivity index (χ1) is 9.38. The molecule has 0 amide bonds. The van der Waals surface area contributed by atoms with Crippen LogP contribution in [0, 0.1) is 0 Å². The largest absolute Gasteiger partial charge is 0.384 e. The number of aromatic amines is 1. The molecular weight excluding hydrogens is 318 g/mol. The molecule has 3 aromatic rings. The summed E-state index contributed by atoms with van der Waals surface area (Å²) >= 11 is 6.98. The molecule has 3 rings (SSSR count). The summed E-state index contributed by atoms with van der Waals surface area (Å²) < 4.78 is 24.2. The predicted octanol–water partition coefficient (Wildman–Crippen LogP) is 2.93. The van der Waals surface area contributed by atoms with Crippen molar-refractivity contribution in [1.82, 2.24) is 10.2 Å². The van der Waals surface area contributed by atoms with Crippen LogP contribution in [0.3, 0.4) is 0 Å². The molecule has 0 aliphatic heterocycles. The molecule has 104 valence electrons. The van der Waals surface area contributed by atoms with Crippen molar-refractivity contribution in [3.05, 3.63) is 29.3 Å². The molecule has 5 nitrogen and oxygen atoms in total. The van der Waals surface area contributed by atoms with Crippen molar-refractivity contribution in [2.45, 2.75) is 4.21 Å². The molecule has 0 aliphatic rings. The van der Waals surface area contributed by atoms with Gasteiger partial charge in [-0.2, -0.15) is 5.10 Å². The minimum atomic E-state index is -3.36. The van der Waals surface area contributed by atoms with Gasteiger partial charge in [-0.1, -0.05) is 23.7 Å². The first-order valence-electron chi connectivity index (χ1n) is 5.60. The molecule has 0 aliphatic carbocycles. The van der Waals surface area contributed by atoms with Crippen LogP contribution in [-0.2, 0) is 9.84 Å². The highest BCUT2D eigenvalue weighted by atomic mass is 35.5. The molecule has 0 radical (unpaired) electrons. The second-order valence-electron chi connectivity index (χ2n) is 4.36. The maximum atomic E-state index is 12.0. The van der Waals surface area contributed by atoms with Crippen LogP contribution in [0.1, 0.15) is 0 Å². The van der Waals surface area contributed by atoms with Crippen LogP contribution in [0.2, 0.25) is 5.02 Å². The van der Waals surface area contributed by atoms with Gasteiger partial charge in [-0.3, -0.25) is 5.10 Å². The summed E-state index contributed by atoms with van der Waals surface area (Å²) in [6, 6.07) is 6.96. The fraction of sp³-hybridized carbons (Fsp3) is 0.0833. The van der Waals surface area contributed by atoms with Crippen molar-refractivity contribution in [3.63, 3.8) is 0 Å².